The van der Waals surface area contributed by atoms with E-state index in [1.165, 1.54) is 17.7 Å². The van der Waals surface area contributed by atoms with Crippen molar-refractivity contribution >= 4 is 10.9 Å². The number of nitrogens with zero attached hydrogens (tertiary/aromatic N) is 1. The van der Waals surface area contributed by atoms with Gasteiger partial charge in [-0.05, 0) is 42.4 Å². The summed E-state index contributed by atoms with van der Waals surface area (Å²) in [5.41, 5.74) is 2.49. The fourth-order valence-corrected chi connectivity index (χ4v) is 2.87. The van der Waals surface area contributed by atoms with Gasteiger partial charge in [0.05, 0.1) is 7.11 Å². The molecule has 5 heteroatoms. The van der Waals surface area contributed by atoms with Gasteiger partial charge in [0, 0.05) is 35.8 Å². The SMILES string of the molecule is CCN(Cc1ccc(OC)cc1)Cc1cc(=O)c2cc(F)ccc2[nH]1. The maximum absolute atomic E-state index is 13.3. The lowest BCUT2D eigenvalue weighted by Gasteiger charge is -2.20. The molecule has 0 saturated carbocycles. The van der Waals surface area contributed by atoms with E-state index in [0.717, 1.165) is 24.5 Å². The molecule has 3 rings (SSSR count). The van der Waals surface area contributed by atoms with Crippen molar-refractivity contribution in [2.24, 2.45) is 0 Å². The molecule has 0 bridgehead atoms. The highest BCUT2D eigenvalue weighted by Gasteiger charge is 2.09. The van der Waals surface area contributed by atoms with E-state index < -0.39 is 5.82 Å². The van der Waals surface area contributed by atoms with E-state index in [4.69, 9.17) is 4.74 Å². The number of aromatic nitrogens is 1. The molecular formula is C20H21FN2O2. The highest BCUT2D eigenvalue weighted by atomic mass is 19.1. The Bertz CT molecular complexity index is 919. The number of rotatable bonds is 6. The topological polar surface area (TPSA) is 45.3 Å². The molecule has 0 radical (unpaired) electrons. The van der Waals surface area contributed by atoms with Crippen LogP contribution in [-0.4, -0.2) is 23.5 Å². The largest absolute Gasteiger partial charge is 0.497 e. The summed E-state index contributed by atoms with van der Waals surface area (Å²) in [5.74, 6) is 0.429. The summed E-state index contributed by atoms with van der Waals surface area (Å²) in [6.07, 6.45) is 0. The van der Waals surface area contributed by atoms with Crippen molar-refractivity contribution in [3.05, 3.63) is 75.8 Å². The van der Waals surface area contributed by atoms with Crippen molar-refractivity contribution in [3.63, 3.8) is 0 Å². The van der Waals surface area contributed by atoms with Crippen LogP contribution in [0.4, 0.5) is 4.39 Å². The minimum absolute atomic E-state index is 0.163. The zero-order valence-electron chi connectivity index (χ0n) is 14.4. The molecule has 0 aliphatic rings. The van der Waals surface area contributed by atoms with Crippen LogP contribution in [-0.2, 0) is 13.1 Å². The minimum atomic E-state index is -0.402. The highest BCUT2D eigenvalue weighted by molar-refractivity contribution is 5.78. The van der Waals surface area contributed by atoms with Gasteiger partial charge in [-0.2, -0.15) is 0 Å². The lowest BCUT2D eigenvalue weighted by molar-refractivity contribution is 0.268. The molecule has 0 fully saturated rings. The Balaban J connectivity index is 1.80. The van der Waals surface area contributed by atoms with Crippen molar-refractivity contribution in [3.8, 4) is 5.75 Å². The number of methoxy groups -OCH3 is 1. The fourth-order valence-electron chi connectivity index (χ4n) is 2.87. The van der Waals surface area contributed by atoms with Crippen molar-refractivity contribution < 1.29 is 9.13 Å². The molecule has 2 aromatic carbocycles. The molecule has 0 unspecified atom stereocenters. The number of H-pyrrole nitrogens is 1. The summed E-state index contributed by atoms with van der Waals surface area (Å²) in [6, 6.07) is 13.7. The minimum Gasteiger partial charge on any atom is -0.497 e. The Kier molecular flexibility index (Phi) is 5.14. The maximum Gasteiger partial charge on any atom is 0.189 e. The number of nitrogens with one attached hydrogen (secondary N) is 1. The molecule has 25 heavy (non-hydrogen) atoms. The van der Waals surface area contributed by atoms with E-state index in [-0.39, 0.29) is 5.43 Å². The van der Waals surface area contributed by atoms with Crippen molar-refractivity contribution in [2.45, 2.75) is 20.0 Å². The predicted octanol–water partition coefficient (Wildman–Crippen LogP) is 3.70. The quantitative estimate of drug-likeness (QED) is 0.744. The van der Waals surface area contributed by atoms with Gasteiger partial charge in [0.25, 0.3) is 0 Å². The molecular weight excluding hydrogens is 319 g/mol. The first kappa shape index (κ1) is 17.2. The van der Waals surface area contributed by atoms with E-state index in [1.54, 1.807) is 19.2 Å². The number of hydrogen-bond acceptors (Lipinski definition) is 3. The number of hydrogen-bond donors (Lipinski definition) is 1. The number of ether oxygens (including phenoxy) is 1. The van der Waals surface area contributed by atoms with Crippen LogP contribution >= 0.6 is 0 Å². The van der Waals surface area contributed by atoms with Crippen LogP contribution in [0.3, 0.4) is 0 Å². The van der Waals surface area contributed by atoms with Gasteiger partial charge in [-0.3, -0.25) is 9.69 Å². The average Bonchev–Trinajstić information content (AvgIpc) is 2.62. The third-order valence-corrected chi connectivity index (χ3v) is 4.25. The summed E-state index contributed by atoms with van der Waals surface area (Å²) in [4.78, 5) is 17.7. The molecule has 1 N–H and O–H groups in total. The standard InChI is InChI=1S/C20H21FN2O2/c1-3-23(12-14-4-7-17(25-2)8-5-14)13-16-11-20(24)18-10-15(21)6-9-19(18)22-16/h4-11H,3,12-13H2,1-2H3,(H,22,24). The summed E-state index contributed by atoms with van der Waals surface area (Å²) < 4.78 is 18.5. The van der Waals surface area contributed by atoms with Crippen LogP contribution in [0.5, 0.6) is 5.75 Å². The lowest BCUT2D eigenvalue weighted by atomic mass is 10.1. The summed E-state index contributed by atoms with van der Waals surface area (Å²) >= 11 is 0. The monoisotopic (exact) mass is 340 g/mol. The molecule has 0 atom stereocenters. The Morgan fingerprint density at radius 2 is 1.84 bits per heavy atom. The second-order valence-corrected chi connectivity index (χ2v) is 6.00. The van der Waals surface area contributed by atoms with Gasteiger partial charge < -0.3 is 9.72 Å². The maximum atomic E-state index is 13.3. The lowest BCUT2D eigenvalue weighted by Crippen LogP contribution is -2.23. The van der Waals surface area contributed by atoms with Crippen LogP contribution in [0.25, 0.3) is 10.9 Å². The first-order valence-corrected chi connectivity index (χ1v) is 8.26. The zero-order valence-corrected chi connectivity index (χ0v) is 14.4. The summed E-state index contributed by atoms with van der Waals surface area (Å²) in [7, 11) is 1.65. The zero-order chi connectivity index (χ0) is 17.8. The van der Waals surface area contributed by atoms with Gasteiger partial charge in [-0.15, -0.1) is 0 Å². The molecule has 1 aromatic heterocycles. The Hall–Kier alpha value is -2.66. The number of pyridine rings is 1. The normalized spacial score (nSPS) is 11.2. The molecule has 0 spiro atoms. The summed E-state index contributed by atoms with van der Waals surface area (Å²) in [5, 5.41) is 0.377. The molecule has 1 heterocycles. The Morgan fingerprint density at radius 1 is 1.08 bits per heavy atom. The molecule has 0 amide bonds. The van der Waals surface area contributed by atoms with Gasteiger partial charge in [0.15, 0.2) is 5.43 Å². The third-order valence-electron chi connectivity index (χ3n) is 4.25. The molecule has 0 saturated heterocycles. The smallest absolute Gasteiger partial charge is 0.189 e. The Labute approximate surface area is 145 Å². The molecule has 4 nitrogen and oxygen atoms in total. The van der Waals surface area contributed by atoms with Gasteiger partial charge >= 0.3 is 0 Å². The number of benzene rings is 2. The molecule has 130 valence electrons. The van der Waals surface area contributed by atoms with Gasteiger partial charge in [0.2, 0.25) is 0 Å². The molecule has 0 aliphatic heterocycles. The van der Waals surface area contributed by atoms with Crippen LogP contribution in [0.1, 0.15) is 18.2 Å². The first-order valence-electron chi connectivity index (χ1n) is 8.26. The van der Waals surface area contributed by atoms with E-state index in [9.17, 15) is 9.18 Å². The third kappa shape index (κ3) is 4.06. The predicted molar refractivity (Wildman–Crippen MR) is 97.3 cm³/mol. The van der Waals surface area contributed by atoms with Crippen LogP contribution < -0.4 is 10.2 Å². The van der Waals surface area contributed by atoms with Gasteiger partial charge in [0.1, 0.15) is 11.6 Å². The second-order valence-electron chi connectivity index (χ2n) is 6.00. The first-order chi connectivity index (χ1) is 12.1. The number of fused-ring (bicyclic) bond motifs is 1. The van der Waals surface area contributed by atoms with Crippen LogP contribution in [0.15, 0.2) is 53.3 Å². The van der Waals surface area contributed by atoms with Crippen molar-refractivity contribution in [1.29, 1.82) is 0 Å². The van der Waals surface area contributed by atoms with E-state index in [1.807, 2.05) is 24.3 Å². The average molecular weight is 340 g/mol. The van der Waals surface area contributed by atoms with E-state index in [2.05, 4.69) is 16.8 Å². The van der Waals surface area contributed by atoms with Crippen molar-refractivity contribution in [2.75, 3.05) is 13.7 Å². The van der Waals surface area contributed by atoms with Crippen LogP contribution in [0, 0.1) is 5.82 Å². The second kappa shape index (κ2) is 7.49. The van der Waals surface area contributed by atoms with E-state index >= 15 is 0 Å². The van der Waals surface area contributed by atoms with Crippen LogP contribution in [0.2, 0.25) is 0 Å². The molecule has 0 aliphatic carbocycles. The van der Waals surface area contributed by atoms with E-state index in [0.29, 0.717) is 17.4 Å². The fraction of sp³-hybridized carbons (Fsp3) is 0.250. The summed E-state index contributed by atoms with van der Waals surface area (Å²) in [6.45, 7) is 4.31. The van der Waals surface area contributed by atoms with Crippen molar-refractivity contribution in [1.82, 2.24) is 9.88 Å². The Morgan fingerprint density at radius 3 is 2.52 bits per heavy atom. The number of aromatic amines is 1. The molecule has 3 aromatic rings. The van der Waals surface area contributed by atoms with Gasteiger partial charge in [-0.25, -0.2) is 4.39 Å². The highest BCUT2D eigenvalue weighted by Crippen LogP contribution is 2.15. The van der Waals surface area contributed by atoms with Gasteiger partial charge in [-0.1, -0.05) is 19.1 Å². The number of halogens is 1.